The zero-order valence-corrected chi connectivity index (χ0v) is 13.5. The molecule has 0 spiro atoms. The number of rotatable bonds is 3. The fourth-order valence-corrected chi connectivity index (χ4v) is 2.05. The topological polar surface area (TPSA) is 59.9 Å². The van der Waals surface area contributed by atoms with Gasteiger partial charge in [0.2, 0.25) is 5.90 Å². The number of benzene rings is 1. The highest BCUT2D eigenvalue weighted by molar-refractivity contribution is 6.42. The maximum absolute atomic E-state index is 11.8. The molecule has 1 aromatic carbocycles. The highest BCUT2D eigenvalue weighted by Gasteiger charge is 2.30. The summed E-state index contributed by atoms with van der Waals surface area (Å²) < 4.78 is 10.6. The smallest absolute Gasteiger partial charge is 0.412 e. The van der Waals surface area contributed by atoms with Crippen molar-refractivity contribution in [2.75, 3.05) is 11.9 Å². The van der Waals surface area contributed by atoms with Crippen LogP contribution < -0.4 is 5.32 Å². The molecule has 21 heavy (non-hydrogen) atoms. The van der Waals surface area contributed by atoms with Crippen LogP contribution in [0.2, 0.25) is 10.0 Å². The number of anilines is 1. The summed E-state index contributed by atoms with van der Waals surface area (Å²) in [4.78, 5) is 16.2. The SMILES string of the molecule is CC(OC(=O)Nc1ccc(Cl)c(Cl)c1)C1=NC(C)(C)CO1. The maximum Gasteiger partial charge on any atom is 0.412 e. The van der Waals surface area contributed by atoms with Crippen LogP contribution >= 0.6 is 23.2 Å². The van der Waals surface area contributed by atoms with Crippen molar-refractivity contribution < 1.29 is 14.3 Å². The Morgan fingerprint density at radius 1 is 1.43 bits per heavy atom. The molecule has 0 fully saturated rings. The minimum absolute atomic E-state index is 0.285. The number of nitrogens with zero attached hydrogens (tertiary/aromatic N) is 1. The molecule has 0 saturated carbocycles. The fourth-order valence-electron chi connectivity index (χ4n) is 1.75. The van der Waals surface area contributed by atoms with E-state index in [0.29, 0.717) is 28.2 Å². The lowest BCUT2D eigenvalue weighted by Gasteiger charge is -2.13. The molecule has 0 radical (unpaired) electrons. The van der Waals surface area contributed by atoms with Gasteiger partial charge in [0.05, 0.1) is 15.6 Å². The van der Waals surface area contributed by atoms with Gasteiger partial charge < -0.3 is 9.47 Å². The third-order valence-corrected chi connectivity index (χ3v) is 3.52. The fraction of sp³-hybridized carbons (Fsp3) is 0.429. The lowest BCUT2D eigenvalue weighted by Crippen LogP contribution is -2.27. The van der Waals surface area contributed by atoms with Crippen LogP contribution in [0, 0.1) is 0 Å². The van der Waals surface area contributed by atoms with Gasteiger partial charge in [0.1, 0.15) is 6.61 Å². The van der Waals surface area contributed by atoms with Gasteiger partial charge in [0.15, 0.2) is 6.10 Å². The van der Waals surface area contributed by atoms with Crippen LogP contribution in [0.4, 0.5) is 10.5 Å². The average molecular weight is 331 g/mol. The second-order valence-corrected chi connectivity index (χ2v) is 6.17. The first-order valence-corrected chi connectivity index (χ1v) is 7.18. The first kappa shape index (κ1) is 15.9. The molecule has 1 amide bonds. The zero-order valence-electron chi connectivity index (χ0n) is 11.9. The molecule has 2 rings (SSSR count). The van der Waals surface area contributed by atoms with Gasteiger partial charge in [-0.25, -0.2) is 9.79 Å². The van der Waals surface area contributed by atoms with E-state index in [1.807, 2.05) is 13.8 Å². The van der Waals surface area contributed by atoms with E-state index in [2.05, 4.69) is 10.3 Å². The van der Waals surface area contributed by atoms with Crippen LogP contribution in [-0.2, 0) is 9.47 Å². The van der Waals surface area contributed by atoms with Crippen molar-refractivity contribution >= 4 is 40.9 Å². The van der Waals surface area contributed by atoms with E-state index in [1.54, 1.807) is 25.1 Å². The summed E-state index contributed by atoms with van der Waals surface area (Å²) in [5.41, 5.74) is 0.212. The number of carbonyl (C=O) groups excluding carboxylic acids is 1. The molecule has 0 saturated heterocycles. The first-order valence-electron chi connectivity index (χ1n) is 6.42. The number of halogens is 2. The Kier molecular flexibility index (Phi) is 4.64. The van der Waals surface area contributed by atoms with Crippen LogP contribution in [0.1, 0.15) is 20.8 Å². The molecule has 114 valence electrons. The molecule has 1 heterocycles. The zero-order chi connectivity index (χ0) is 15.6. The Hall–Kier alpha value is -1.46. The first-order chi connectivity index (χ1) is 9.77. The number of carbonyl (C=O) groups is 1. The summed E-state index contributed by atoms with van der Waals surface area (Å²) in [7, 11) is 0. The normalized spacial score (nSPS) is 17.7. The van der Waals surface area contributed by atoms with Gasteiger partial charge in [-0.15, -0.1) is 0 Å². The van der Waals surface area contributed by atoms with Crippen LogP contribution in [0.5, 0.6) is 0 Å². The Morgan fingerprint density at radius 2 is 2.14 bits per heavy atom. The number of hydrogen-bond donors (Lipinski definition) is 1. The third kappa shape index (κ3) is 4.25. The van der Waals surface area contributed by atoms with Crippen LogP contribution in [0.15, 0.2) is 23.2 Å². The lowest BCUT2D eigenvalue weighted by atomic mass is 10.1. The van der Waals surface area contributed by atoms with Gasteiger partial charge in [0, 0.05) is 5.69 Å². The highest BCUT2D eigenvalue weighted by atomic mass is 35.5. The molecule has 0 aliphatic carbocycles. The Bertz CT molecular complexity index is 588. The quantitative estimate of drug-likeness (QED) is 0.906. The van der Waals surface area contributed by atoms with Crippen LogP contribution in [0.25, 0.3) is 0 Å². The van der Waals surface area contributed by atoms with E-state index >= 15 is 0 Å². The van der Waals surface area contributed by atoms with E-state index in [4.69, 9.17) is 32.7 Å². The third-order valence-electron chi connectivity index (χ3n) is 2.78. The molecule has 1 N–H and O–H groups in total. The van der Waals surface area contributed by atoms with E-state index in [0.717, 1.165) is 0 Å². The Labute approximate surface area is 133 Å². The van der Waals surface area contributed by atoms with Crippen molar-refractivity contribution in [2.24, 2.45) is 4.99 Å². The van der Waals surface area contributed by atoms with Gasteiger partial charge in [0.25, 0.3) is 0 Å². The minimum Gasteiger partial charge on any atom is -0.476 e. The second-order valence-electron chi connectivity index (χ2n) is 5.35. The monoisotopic (exact) mass is 330 g/mol. The summed E-state index contributed by atoms with van der Waals surface area (Å²) in [5.74, 6) is 0.421. The molecule has 5 nitrogen and oxygen atoms in total. The number of hydrogen-bond acceptors (Lipinski definition) is 4. The molecule has 1 atom stereocenters. The summed E-state index contributed by atoms with van der Waals surface area (Å²) in [6.07, 6.45) is -1.17. The van der Waals surface area contributed by atoms with E-state index < -0.39 is 12.2 Å². The summed E-state index contributed by atoms with van der Waals surface area (Å²) >= 11 is 11.7. The molecule has 0 bridgehead atoms. The minimum atomic E-state index is -0.614. The van der Waals surface area contributed by atoms with Crippen molar-refractivity contribution in [2.45, 2.75) is 32.4 Å². The molecule has 1 aliphatic rings. The van der Waals surface area contributed by atoms with Crippen molar-refractivity contribution in [3.63, 3.8) is 0 Å². The Morgan fingerprint density at radius 3 is 2.71 bits per heavy atom. The number of ether oxygens (including phenoxy) is 2. The molecular weight excluding hydrogens is 315 g/mol. The number of amides is 1. The summed E-state index contributed by atoms with van der Waals surface area (Å²) in [6, 6.07) is 4.77. The molecule has 7 heteroatoms. The average Bonchev–Trinajstić information content (AvgIpc) is 2.74. The van der Waals surface area contributed by atoms with E-state index in [1.165, 1.54) is 0 Å². The van der Waals surface area contributed by atoms with E-state index in [9.17, 15) is 4.79 Å². The summed E-state index contributed by atoms with van der Waals surface area (Å²) in [5, 5.41) is 3.34. The largest absolute Gasteiger partial charge is 0.476 e. The highest BCUT2D eigenvalue weighted by Crippen LogP contribution is 2.25. The van der Waals surface area contributed by atoms with Crippen molar-refractivity contribution in [3.05, 3.63) is 28.2 Å². The van der Waals surface area contributed by atoms with Gasteiger partial charge in [-0.05, 0) is 39.0 Å². The second kappa shape index (κ2) is 6.12. The predicted octanol–water partition coefficient (Wildman–Crippen LogP) is 4.14. The van der Waals surface area contributed by atoms with Gasteiger partial charge >= 0.3 is 6.09 Å². The van der Waals surface area contributed by atoms with Gasteiger partial charge in [-0.3, -0.25) is 5.32 Å². The predicted molar refractivity (Wildman–Crippen MR) is 83.5 cm³/mol. The number of aliphatic imine (C=N–C) groups is 1. The van der Waals surface area contributed by atoms with Gasteiger partial charge in [-0.2, -0.15) is 0 Å². The van der Waals surface area contributed by atoms with Crippen molar-refractivity contribution in [1.29, 1.82) is 0 Å². The molecular formula is C14H16Cl2N2O3. The lowest BCUT2D eigenvalue weighted by molar-refractivity contribution is 0.135. The van der Waals surface area contributed by atoms with Crippen LogP contribution in [-0.4, -0.2) is 30.2 Å². The Balaban J connectivity index is 1.94. The standard InChI is InChI=1S/C14H16Cl2N2O3/c1-8(12-18-14(2,3)7-20-12)21-13(19)17-9-4-5-10(15)11(16)6-9/h4-6,8H,7H2,1-3H3,(H,17,19). The van der Waals surface area contributed by atoms with Gasteiger partial charge in [-0.1, -0.05) is 23.2 Å². The molecule has 1 unspecified atom stereocenters. The van der Waals surface area contributed by atoms with Crippen molar-refractivity contribution in [1.82, 2.24) is 0 Å². The number of nitrogens with one attached hydrogen (secondary N) is 1. The molecule has 0 aromatic heterocycles. The van der Waals surface area contributed by atoms with Crippen molar-refractivity contribution in [3.8, 4) is 0 Å². The summed E-state index contributed by atoms with van der Waals surface area (Å²) in [6.45, 7) is 6.07. The molecule has 1 aliphatic heterocycles. The maximum atomic E-state index is 11.8. The van der Waals surface area contributed by atoms with E-state index in [-0.39, 0.29) is 5.54 Å². The van der Waals surface area contributed by atoms with Crippen LogP contribution in [0.3, 0.4) is 0 Å². The molecule has 1 aromatic rings.